The van der Waals surface area contributed by atoms with E-state index in [0.717, 1.165) is 33.8 Å². The summed E-state index contributed by atoms with van der Waals surface area (Å²) in [5.41, 5.74) is 5.93. The Morgan fingerprint density at radius 1 is 0.325 bits per heavy atom. The third-order valence-electron chi connectivity index (χ3n) is 5.59. The number of hydrogen-bond acceptors (Lipinski definition) is 0. The van der Waals surface area contributed by atoms with Crippen molar-refractivity contribution in [2.75, 3.05) is 0 Å². The molecule has 0 saturated heterocycles. The minimum absolute atomic E-state index is 0. The van der Waals surface area contributed by atoms with Crippen molar-refractivity contribution >= 4 is 0 Å². The van der Waals surface area contributed by atoms with Gasteiger partial charge in [-0.05, 0) is 91.0 Å². The van der Waals surface area contributed by atoms with Gasteiger partial charge in [0, 0.05) is 53.1 Å². The van der Waals surface area contributed by atoms with Gasteiger partial charge in [-0.3, -0.25) is 0 Å². The van der Waals surface area contributed by atoms with Gasteiger partial charge >= 0.3 is 20.1 Å². The SMILES string of the molecule is Fc1ccc(-c2cccc[nH+]2)cc1.Fc1ccc(-c2cccc[nH+]2)cc1.Fc1ccc(-c2cccc[nH+]2)cc1.[Ir+3]. The van der Waals surface area contributed by atoms with Crippen LogP contribution in [0.1, 0.15) is 0 Å². The number of benzene rings is 3. The minimum atomic E-state index is -0.209. The Bertz CT molecular complexity index is 1340. The van der Waals surface area contributed by atoms with E-state index in [-0.39, 0.29) is 37.6 Å². The Hall–Kier alpha value is -4.45. The van der Waals surface area contributed by atoms with Crippen LogP contribution in [-0.4, -0.2) is 0 Å². The van der Waals surface area contributed by atoms with Gasteiger partial charge in [0.25, 0.3) is 0 Å². The van der Waals surface area contributed by atoms with Crippen LogP contribution in [0.2, 0.25) is 0 Å². The summed E-state index contributed by atoms with van der Waals surface area (Å²) in [6.07, 6.45) is 5.54. The van der Waals surface area contributed by atoms with Crippen molar-refractivity contribution in [1.82, 2.24) is 0 Å². The van der Waals surface area contributed by atoms with Crippen LogP contribution < -0.4 is 15.0 Å². The average Bonchev–Trinajstić information content (AvgIpc) is 3.00. The summed E-state index contributed by atoms with van der Waals surface area (Å²) in [6, 6.07) is 36.6. The predicted octanol–water partition coefficient (Wildman–Crippen LogP) is 6.92. The summed E-state index contributed by atoms with van der Waals surface area (Å²) >= 11 is 0. The number of hydrogen-bond donors (Lipinski definition) is 0. The van der Waals surface area contributed by atoms with E-state index in [1.807, 2.05) is 73.2 Å². The van der Waals surface area contributed by atoms with Crippen molar-refractivity contribution in [3.8, 4) is 33.8 Å². The van der Waals surface area contributed by atoms with Crippen molar-refractivity contribution in [2.45, 2.75) is 0 Å². The first kappa shape index (κ1) is 30.1. The maximum Gasteiger partial charge on any atom is 3.00 e. The van der Waals surface area contributed by atoms with Crippen LogP contribution in [0.3, 0.4) is 0 Å². The number of halogens is 3. The van der Waals surface area contributed by atoms with E-state index >= 15 is 0 Å². The molecule has 3 heterocycles. The molecule has 0 atom stereocenters. The number of pyridine rings is 3. The van der Waals surface area contributed by atoms with Crippen LogP contribution in [0, 0.1) is 17.5 Å². The molecule has 198 valence electrons. The molecule has 0 bridgehead atoms. The fourth-order valence-corrected chi connectivity index (χ4v) is 3.61. The quantitative estimate of drug-likeness (QED) is 0.191. The van der Waals surface area contributed by atoms with Crippen LogP contribution in [-0.2, 0) is 20.1 Å². The average molecular weight is 715 g/mol. The van der Waals surface area contributed by atoms with Crippen LogP contribution in [0.4, 0.5) is 13.2 Å². The van der Waals surface area contributed by atoms with Gasteiger partial charge in [0.1, 0.15) is 17.5 Å². The zero-order valence-electron chi connectivity index (χ0n) is 21.3. The van der Waals surface area contributed by atoms with Gasteiger partial charge in [-0.15, -0.1) is 0 Å². The number of rotatable bonds is 3. The second-order valence-electron chi connectivity index (χ2n) is 8.35. The van der Waals surface area contributed by atoms with E-state index in [1.54, 1.807) is 36.4 Å². The molecule has 40 heavy (non-hydrogen) atoms. The monoisotopic (exact) mass is 715 g/mol. The van der Waals surface area contributed by atoms with Gasteiger partial charge in [0.2, 0.25) is 17.1 Å². The summed E-state index contributed by atoms with van der Waals surface area (Å²) in [7, 11) is 0. The number of aromatic nitrogens is 3. The summed E-state index contributed by atoms with van der Waals surface area (Å²) in [5.74, 6) is -0.626. The molecule has 6 rings (SSSR count). The fraction of sp³-hybridized carbons (Fsp3) is 0. The minimum Gasteiger partial charge on any atom is -0.211 e. The van der Waals surface area contributed by atoms with Crippen molar-refractivity contribution in [2.24, 2.45) is 0 Å². The second-order valence-corrected chi connectivity index (χ2v) is 8.35. The molecule has 0 aliphatic carbocycles. The zero-order chi connectivity index (χ0) is 27.3. The first-order valence-corrected chi connectivity index (χ1v) is 12.3. The van der Waals surface area contributed by atoms with Gasteiger partial charge in [0.05, 0.1) is 0 Å². The van der Waals surface area contributed by atoms with Crippen LogP contribution >= 0.6 is 0 Å². The standard InChI is InChI=1S/3C11H8FN.Ir/c3*12-10-6-4-9(5-7-10)11-3-1-2-8-13-11;/h3*1-8H;/q;;;+3/p+3. The Morgan fingerprint density at radius 2 is 0.575 bits per heavy atom. The third-order valence-corrected chi connectivity index (χ3v) is 5.59. The van der Waals surface area contributed by atoms with E-state index in [9.17, 15) is 13.2 Å². The van der Waals surface area contributed by atoms with Crippen molar-refractivity contribution in [1.29, 1.82) is 0 Å². The van der Waals surface area contributed by atoms with E-state index in [1.165, 1.54) is 36.4 Å². The Balaban J connectivity index is 0.000000163. The summed E-state index contributed by atoms with van der Waals surface area (Å²) < 4.78 is 37.8. The molecule has 0 aliphatic heterocycles. The van der Waals surface area contributed by atoms with Crippen LogP contribution in [0.25, 0.3) is 33.8 Å². The smallest absolute Gasteiger partial charge is 0.211 e. The van der Waals surface area contributed by atoms with Crippen molar-refractivity contribution in [3.63, 3.8) is 0 Å². The third kappa shape index (κ3) is 9.38. The molecule has 3 N–H and O–H groups in total. The summed E-state index contributed by atoms with van der Waals surface area (Å²) in [5, 5.41) is 0. The van der Waals surface area contributed by atoms with Gasteiger partial charge in [-0.2, -0.15) is 0 Å². The largest absolute Gasteiger partial charge is 3.00 e. The molecule has 0 fully saturated rings. The second kappa shape index (κ2) is 15.8. The maximum atomic E-state index is 12.6. The molecule has 0 radical (unpaired) electrons. The Morgan fingerprint density at radius 3 is 0.775 bits per heavy atom. The molecule has 3 aromatic heterocycles. The molecular weight excluding hydrogens is 688 g/mol. The Labute approximate surface area is 244 Å². The fourth-order valence-electron chi connectivity index (χ4n) is 3.61. The molecule has 0 spiro atoms. The van der Waals surface area contributed by atoms with E-state index in [4.69, 9.17) is 0 Å². The zero-order valence-corrected chi connectivity index (χ0v) is 23.7. The molecule has 0 saturated carbocycles. The van der Waals surface area contributed by atoms with Crippen LogP contribution in [0.5, 0.6) is 0 Å². The summed E-state index contributed by atoms with van der Waals surface area (Å²) in [6.45, 7) is 0. The predicted molar refractivity (Wildman–Crippen MR) is 145 cm³/mol. The number of nitrogens with one attached hydrogen (secondary N) is 3. The number of aromatic amines is 3. The maximum absolute atomic E-state index is 12.6. The first-order chi connectivity index (χ1) is 19.1. The summed E-state index contributed by atoms with van der Waals surface area (Å²) in [4.78, 5) is 9.25. The molecule has 0 amide bonds. The van der Waals surface area contributed by atoms with Gasteiger partial charge in [-0.1, -0.05) is 0 Å². The van der Waals surface area contributed by atoms with Crippen molar-refractivity contribution in [3.05, 3.63) is 163 Å². The molecule has 3 nitrogen and oxygen atoms in total. The molecule has 0 aliphatic rings. The normalized spacial score (nSPS) is 9.68. The van der Waals surface area contributed by atoms with Crippen LogP contribution in [0.15, 0.2) is 146 Å². The molecule has 6 aromatic rings. The van der Waals surface area contributed by atoms with Gasteiger partial charge in [-0.25, -0.2) is 28.1 Å². The molecule has 0 unspecified atom stereocenters. The van der Waals surface area contributed by atoms with E-state index < -0.39 is 0 Å². The molecule has 7 heteroatoms. The van der Waals surface area contributed by atoms with E-state index in [2.05, 4.69) is 15.0 Å². The molecular formula is C33H27F3IrN3+6. The Kier molecular flexibility index (Phi) is 11.9. The van der Waals surface area contributed by atoms with E-state index in [0.29, 0.717) is 0 Å². The van der Waals surface area contributed by atoms with Crippen molar-refractivity contribution < 1.29 is 48.2 Å². The topological polar surface area (TPSA) is 42.4 Å². The van der Waals surface area contributed by atoms with Gasteiger partial charge in [0.15, 0.2) is 18.6 Å². The molecule has 3 aromatic carbocycles. The van der Waals surface area contributed by atoms with Gasteiger partial charge < -0.3 is 0 Å². The number of H-pyrrole nitrogens is 3. The first-order valence-electron chi connectivity index (χ1n) is 12.3.